The molecule has 0 amide bonds. The van der Waals surface area contributed by atoms with Crippen molar-refractivity contribution in [2.45, 2.75) is 0 Å². The van der Waals surface area contributed by atoms with Crippen LogP contribution in [-0.4, -0.2) is 20.2 Å². The molecule has 0 aliphatic heterocycles. The molecule has 76 valence electrons. The van der Waals surface area contributed by atoms with Crippen molar-refractivity contribution in [2.75, 3.05) is 0 Å². The normalized spacial score (nSPS) is 10.1. The predicted molar refractivity (Wildman–Crippen MR) is 52.3 cm³/mol. The lowest BCUT2D eigenvalue weighted by Gasteiger charge is -1.99. The molecule has 2 aromatic rings. The summed E-state index contributed by atoms with van der Waals surface area (Å²) in [5.41, 5.74) is 1.06. The minimum atomic E-state index is -0.626. The fourth-order valence-electron chi connectivity index (χ4n) is 1.26. The molecular formula is C9H7N3O3. The average molecular weight is 205 g/mol. The topological polar surface area (TPSA) is 92.0 Å². The van der Waals surface area contributed by atoms with E-state index in [2.05, 4.69) is 10.2 Å². The lowest BCUT2D eigenvalue weighted by atomic mass is 10.1. The highest BCUT2D eigenvalue weighted by atomic mass is 16.6. The summed E-state index contributed by atoms with van der Waals surface area (Å²) in [5.74, 6) is -0.341. The van der Waals surface area contributed by atoms with E-state index in [9.17, 15) is 15.2 Å². The molecule has 0 atom stereocenters. The van der Waals surface area contributed by atoms with Crippen LogP contribution in [0.3, 0.4) is 0 Å². The van der Waals surface area contributed by atoms with E-state index in [1.54, 1.807) is 18.5 Å². The summed E-state index contributed by atoms with van der Waals surface area (Å²) >= 11 is 0. The number of benzene rings is 1. The molecule has 2 rings (SSSR count). The van der Waals surface area contributed by atoms with E-state index in [4.69, 9.17) is 0 Å². The molecule has 6 nitrogen and oxygen atoms in total. The fourth-order valence-corrected chi connectivity index (χ4v) is 1.26. The van der Waals surface area contributed by atoms with Crippen LogP contribution in [0.2, 0.25) is 0 Å². The number of aromatic amines is 1. The van der Waals surface area contributed by atoms with Crippen molar-refractivity contribution < 1.29 is 10.0 Å². The monoisotopic (exact) mass is 205 g/mol. The van der Waals surface area contributed by atoms with E-state index in [0.717, 1.165) is 5.56 Å². The van der Waals surface area contributed by atoms with Crippen LogP contribution in [0.5, 0.6) is 5.75 Å². The predicted octanol–water partition coefficient (Wildman–Crippen LogP) is 1.69. The number of nitro benzene ring substituents is 1. The van der Waals surface area contributed by atoms with Gasteiger partial charge in [-0.3, -0.25) is 15.2 Å². The van der Waals surface area contributed by atoms with Gasteiger partial charge in [0.15, 0.2) is 5.75 Å². The molecule has 0 unspecified atom stereocenters. The molecule has 0 aliphatic carbocycles. The van der Waals surface area contributed by atoms with Crippen LogP contribution in [0, 0.1) is 10.1 Å². The SMILES string of the molecule is O=[N+]([O-])c1cc(-c2cn[nH]c2)ccc1O. The van der Waals surface area contributed by atoms with Gasteiger partial charge < -0.3 is 5.11 Å². The lowest BCUT2D eigenvalue weighted by molar-refractivity contribution is -0.385. The molecule has 0 bridgehead atoms. The van der Waals surface area contributed by atoms with Crippen LogP contribution < -0.4 is 0 Å². The molecular weight excluding hydrogens is 198 g/mol. The highest BCUT2D eigenvalue weighted by Crippen LogP contribution is 2.30. The minimum absolute atomic E-state index is 0.311. The van der Waals surface area contributed by atoms with Gasteiger partial charge in [-0.2, -0.15) is 5.10 Å². The molecule has 1 heterocycles. The second-order valence-electron chi connectivity index (χ2n) is 2.95. The first-order valence-electron chi connectivity index (χ1n) is 4.15. The summed E-state index contributed by atoms with van der Waals surface area (Å²) in [6, 6.07) is 4.19. The fraction of sp³-hybridized carbons (Fsp3) is 0. The smallest absolute Gasteiger partial charge is 0.311 e. The Balaban J connectivity index is 2.52. The number of hydrogen-bond donors (Lipinski definition) is 2. The van der Waals surface area contributed by atoms with Gasteiger partial charge >= 0.3 is 5.69 Å². The zero-order valence-corrected chi connectivity index (χ0v) is 7.54. The number of nitrogens with zero attached hydrogens (tertiary/aromatic N) is 2. The largest absolute Gasteiger partial charge is 0.502 e. The molecule has 0 radical (unpaired) electrons. The van der Waals surface area contributed by atoms with Gasteiger partial charge in [-0.05, 0) is 11.6 Å². The average Bonchev–Trinajstić information content (AvgIpc) is 2.71. The Morgan fingerprint density at radius 1 is 1.40 bits per heavy atom. The first-order chi connectivity index (χ1) is 7.18. The maximum atomic E-state index is 10.6. The molecule has 2 N–H and O–H groups in total. The highest BCUT2D eigenvalue weighted by Gasteiger charge is 2.14. The summed E-state index contributed by atoms with van der Waals surface area (Å²) in [7, 11) is 0. The third-order valence-electron chi connectivity index (χ3n) is 2.00. The number of aromatic hydroxyl groups is 1. The summed E-state index contributed by atoms with van der Waals surface area (Å²) < 4.78 is 0. The van der Waals surface area contributed by atoms with Crippen LogP contribution >= 0.6 is 0 Å². The summed E-state index contributed by atoms with van der Waals surface area (Å²) in [6.45, 7) is 0. The van der Waals surface area contributed by atoms with Gasteiger partial charge in [0.05, 0.1) is 11.1 Å². The minimum Gasteiger partial charge on any atom is -0.502 e. The van der Waals surface area contributed by atoms with Crippen molar-refractivity contribution in [3.63, 3.8) is 0 Å². The van der Waals surface area contributed by atoms with Gasteiger partial charge in [0.2, 0.25) is 0 Å². The molecule has 6 heteroatoms. The number of aromatic nitrogens is 2. The van der Waals surface area contributed by atoms with E-state index >= 15 is 0 Å². The van der Waals surface area contributed by atoms with Crippen molar-refractivity contribution in [1.82, 2.24) is 10.2 Å². The number of phenolic OH excluding ortho intramolecular Hbond substituents is 1. The van der Waals surface area contributed by atoms with Crippen molar-refractivity contribution in [3.05, 3.63) is 40.7 Å². The van der Waals surface area contributed by atoms with Crippen molar-refractivity contribution in [2.24, 2.45) is 0 Å². The van der Waals surface area contributed by atoms with E-state index < -0.39 is 4.92 Å². The molecule has 1 aromatic carbocycles. The van der Waals surface area contributed by atoms with Crippen LogP contribution in [0.1, 0.15) is 0 Å². The van der Waals surface area contributed by atoms with Crippen LogP contribution in [0.4, 0.5) is 5.69 Å². The van der Waals surface area contributed by atoms with Gasteiger partial charge in [-0.1, -0.05) is 6.07 Å². The van der Waals surface area contributed by atoms with Crippen molar-refractivity contribution in [3.8, 4) is 16.9 Å². The molecule has 1 aromatic heterocycles. The molecule has 0 saturated carbocycles. The van der Waals surface area contributed by atoms with Gasteiger partial charge in [-0.25, -0.2) is 0 Å². The maximum Gasteiger partial charge on any atom is 0.311 e. The first-order valence-corrected chi connectivity index (χ1v) is 4.15. The quantitative estimate of drug-likeness (QED) is 0.576. The lowest BCUT2D eigenvalue weighted by Crippen LogP contribution is -1.88. The third kappa shape index (κ3) is 1.64. The Hall–Kier alpha value is -2.37. The second-order valence-corrected chi connectivity index (χ2v) is 2.95. The number of nitrogens with one attached hydrogen (secondary N) is 1. The maximum absolute atomic E-state index is 10.6. The van der Waals surface area contributed by atoms with Crippen LogP contribution in [-0.2, 0) is 0 Å². The Bertz CT molecular complexity index is 493. The number of hydrogen-bond acceptors (Lipinski definition) is 4. The van der Waals surface area contributed by atoms with Gasteiger partial charge in [0.1, 0.15) is 0 Å². The molecule has 15 heavy (non-hydrogen) atoms. The van der Waals surface area contributed by atoms with E-state index in [1.807, 2.05) is 0 Å². The first kappa shape index (κ1) is 9.20. The summed E-state index contributed by atoms with van der Waals surface area (Å²) in [5, 5.41) is 26.2. The summed E-state index contributed by atoms with van der Waals surface area (Å²) in [6.07, 6.45) is 3.17. The number of phenols is 1. The third-order valence-corrected chi connectivity index (χ3v) is 2.00. The Kier molecular flexibility index (Phi) is 2.09. The van der Waals surface area contributed by atoms with Gasteiger partial charge in [-0.15, -0.1) is 0 Å². The standard InChI is InChI=1S/C9H7N3O3/c13-9-2-1-6(3-8(9)12(14)15)7-4-10-11-5-7/h1-5,13H,(H,10,11). The van der Waals surface area contributed by atoms with Gasteiger partial charge in [0, 0.05) is 17.8 Å². The highest BCUT2D eigenvalue weighted by molar-refractivity contribution is 5.67. The Morgan fingerprint density at radius 2 is 2.20 bits per heavy atom. The number of rotatable bonds is 2. The molecule has 0 saturated heterocycles. The van der Waals surface area contributed by atoms with Crippen LogP contribution in [0.25, 0.3) is 11.1 Å². The van der Waals surface area contributed by atoms with E-state index in [0.29, 0.717) is 5.56 Å². The van der Waals surface area contributed by atoms with Gasteiger partial charge in [0.25, 0.3) is 0 Å². The zero-order valence-electron chi connectivity index (χ0n) is 7.54. The Morgan fingerprint density at radius 3 is 2.80 bits per heavy atom. The van der Waals surface area contributed by atoms with Crippen molar-refractivity contribution >= 4 is 5.69 Å². The molecule has 0 aliphatic rings. The van der Waals surface area contributed by atoms with E-state index in [-0.39, 0.29) is 11.4 Å². The Labute approximate surface area is 84.3 Å². The van der Waals surface area contributed by atoms with Crippen LogP contribution in [0.15, 0.2) is 30.6 Å². The molecule has 0 spiro atoms. The number of nitro groups is 1. The zero-order chi connectivity index (χ0) is 10.8. The summed E-state index contributed by atoms with van der Waals surface area (Å²) in [4.78, 5) is 9.94. The van der Waals surface area contributed by atoms with E-state index in [1.165, 1.54) is 12.1 Å². The molecule has 0 fully saturated rings. The number of H-pyrrole nitrogens is 1. The van der Waals surface area contributed by atoms with Crippen molar-refractivity contribution in [1.29, 1.82) is 0 Å². The second kappa shape index (κ2) is 3.41.